The molecule has 0 N–H and O–H groups in total. The molecule has 0 bridgehead atoms. The zero-order chi connectivity index (χ0) is 15.1. The van der Waals surface area contributed by atoms with E-state index in [9.17, 15) is 0 Å². The lowest BCUT2D eigenvalue weighted by Crippen LogP contribution is -2.08. The van der Waals surface area contributed by atoms with Gasteiger partial charge in [-0.25, -0.2) is 9.67 Å². The first-order valence-electron chi connectivity index (χ1n) is 7.09. The second kappa shape index (κ2) is 5.46. The van der Waals surface area contributed by atoms with E-state index < -0.39 is 0 Å². The third-order valence-corrected chi connectivity index (χ3v) is 5.20. The smallest absolute Gasteiger partial charge is 0.159 e. The van der Waals surface area contributed by atoms with Crippen molar-refractivity contribution in [2.45, 2.75) is 46.7 Å². The van der Waals surface area contributed by atoms with Crippen LogP contribution in [0.15, 0.2) is 6.07 Å². The minimum absolute atomic E-state index is 0.418. The first-order valence-corrected chi connectivity index (χ1v) is 8.44. The summed E-state index contributed by atoms with van der Waals surface area (Å²) in [5.41, 5.74) is 4.36. The average Bonchev–Trinajstić information content (AvgIpc) is 3.07. The molecule has 3 aromatic rings. The van der Waals surface area contributed by atoms with Gasteiger partial charge in [0.2, 0.25) is 0 Å². The highest BCUT2D eigenvalue weighted by Gasteiger charge is 2.18. The van der Waals surface area contributed by atoms with Gasteiger partial charge in [0.15, 0.2) is 5.65 Å². The summed E-state index contributed by atoms with van der Waals surface area (Å²) < 4.78 is 4.22. The van der Waals surface area contributed by atoms with E-state index in [1.807, 2.05) is 22.9 Å². The number of fused-ring (bicyclic) bond motifs is 1. The van der Waals surface area contributed by atoms with Crippen molar-refractivity contribution >= 4 is 34.1 Å². The predicted octanol–water partition coefficient (Wildman–Crippen LogP) is 4.03. The molecule has 0 saturated carbocycles. The number of halogens is 1. The number of alkyl halides is 1. The van der Waals surface area contributed by atoms with Crippen molar-refractivity contribution in [3.05, 3.63) is 32.9 Å². The first-order chi connectivity index (χ1) is 10.0. The van der Waals surface area contributed by atoms with Gasteiger partial charge >= 0.3 is 0 Å². The van der Waals surface area contributed by atoms with Crippen molar-refractivity contribution in [2.24, 2.45) is 0 Å². The normalized spacial score (nSPS) is 11.7. The highest BCUT2D eigenvalue weighted by atomic mass is 35.5. The highest BCUT2D eigenvalue weighted by Crippen LogP contribution is 2.26. The fraction of sp³-hybridized carbons (Fsp3) is 0.467. The van der Waals surface area contributed by atoms with Gasteiger partial charge in [-0.15, -0.1) is 22.9 Å². The van der Waals surface area contributed by atoms with Gasteiger partial charge in [0.05, 0.1) is 18.1 Å². The van der Waals surface area contributed by atoms with Gasteiger partial charge in [-0.1, -0.05) is 0 Å². The van der Waals surface area contributed by atoms with E-state index in [4.69, 9.17) is 11.6 Å². The van der Waals surface area contributed by atoms with E-state index in [-0.39, 0.29) is 0 Å². The monoisotopic (exact) mass is 322 g/mol. The molecule has 0 unspecified atom stereocenters. The van der Waals surface area contributed by atoms with Crippen molar-refractivity contribution in [3.63, 3.8) is 0 Å². The van der Waals surface area contributed by atoms with Crippen molar-refractivity contribution in [1.82, 2.24) is 19.3 Å². The standard InChI is InChI=1S/C15H19ClN4S/c1-5-20-15-14(10(3)18-20)17-13(7-16)19(15)8-12-6-9(2)11(4)21-12/h6H,5,7-8H2,1-4H3. The van der Waals surface area contributed by atoms with Gasteiger partial charge in [0, 0.05) is 16.3 Å². The molecule has 0 spiro atoms. The number of aryl methyl sites for hydroxylation is 4. The molecule has 0 amide bonds. The molecule has 0 aliphatic heterocycles. The van der Waals surface area contributed by atoms with Gasteiger partial charge in [-0.05, 0) is 39.3 Å². The minimum atomic E-state index is 0.418. The molecule has 3 aromatic heterocycles. The van der Waals surface area contributed by atoms with Crippen LogP contribution in [-0.4, -0.2) is 19.3 Å². The molecule has 0 aliphatic carbocycles. The van der Waals surface area contributed by atoms with Gasteiger partial charge in [0.25, 0.3) is 0 Å². The largest absolute Gasteiger partial charge is 0.307 e. The maximum absolute atomic E-state index is 6.10. The first kappa shape index (κ1) is 14.6. The number of hydrogen-bond donors (Lipinski definition) is 0. The molecule has 3 heterocycles. The van der Waals surface area contributed by atoms with E-state index >= 15 is 0 Å². The lowest BCUT2D eigenvalue weighted by molar-refractivity contribution is 0.640. The van der Waals surface area contributed by atoms with Crippen LogP contribution in [0.3, 0.4) is 0 Å². The summed E-state index contributed by atoms with van der Waals surface area (Å²) >= 11 is 7.94. The molecule has 21 heavy (non-hydrogen) atoms. The van der Waals surface area contributed by atoms with Crippen LogP contribution >= 0.6 is 22.9 Å². The SMILES string of the molecule is CCn1nc(C)c2nc(CCl)n(Cc3cc(C)c(C)s3)c21. The second-order valence-electron chi connectivity index (χ2n) is 5.27. The number of rotatable bonds is 4. The molecule has 112 valence electrons. The molecule has 0 saturated heterocycles. The third kappa shape index (κ3) is 2.38. The number of thiophene rings is 1. The number of imidazole rings is 1. The Bertz CT molecular complexity index is 777. The topological polar surface area (TPSA) is 35.6 Å². The molecule has 0 fully saturated rings. The van der Waals surface area contributed by atoms with E-state index in [2.05, 4.69) is 41.5 Å². The van der Waals surface area contributed by atoms with E-state index in [1.54, 1.807) is 0 Å². The van der Waals surface area contributed by atoms with Gasteiger partial charge < -0.3 is 4.57 Å². The fourth-order valence-electron chi connectivity index (χ4n) is 2.64. The van der Waals surface area contributed by atoms with E-state index in [0.717, 1.165) is 35.8 Å². The summed E-state index contributed by atoms with van der Waals surface area (Å²) in [5.74, 6) is 1.33. The van der Waals surface area contributed by atoms with Crippen molar-refractivity contribution in [2.75, 3.05) is 0 Å². The summed E-state index contributed by atoms with van der Waals surface area (Å²) in [6, 6.07) is 2.25. The Morgan fingerprint density at radius 2 is 2.05 bits per heavy atom. The maximum atomic E-state index is 6.10. The van der Waals surface area contributed by atoms with Crippen LogP contribution in [0, 0.1) is 20.8 Å². The Kier molecular flexibility index (Phi) is 3.80. The summed E-state index contributed by atoms with van der Waals surface area (Å²) in [4.78, 5) is 7.38. The fourth-order valence-corrected chi connectivity index (χ4v) is 3.89. The Labute approximate surface area is 133 Å². The third-order valence-electron chi connectivity index (χ3n) is 3.83. The quantitative estimate of drug-likeness (QED) is 0.680. The molecule has 3 rings (SSSR count). The number of aromatic nitrogens is 4. The van der Waals surface area contributed by atoms with Crippen LogP contribution in [0.25, 0.3) is 11.2 Å². The lowest BCUT2D eigenvalue weighted by atomic mass is 10.3. The molecule has 0 atom stereocenters. The summed E-state index contributed by atoms with van der Waals surface area (Å²) in [6.07, 6.45) is 0. The summed E-state index contributed by atoms with van der Waals surface area (Å²) in [7, 11) is 0. The zero-order valence-electron chi connectivity index (χ0n) is 12.8. The number of hydrogen-bond acceptors (Lipinski definition) is 3. The molecule has 0 aliphatic rings. The molecule has 0 aromatic carbocycles. The van der Waals surface area contributed by atoms with Crippen LogP contribution in [0.1, 0.15) is 33.8 Å². The second-order valence-corrected chi connectivity index (χ2v) is 6.88. The van der Waals surface area contributed by atoms with Crippen molar-refractivity contribution in [1.29, 1.82) is 0 Å². The Balaban J connectivity index is 2.15. The zero-order valence-corrected chi connectivity index (χ0v) is 14.3. The van der Waals surface area contributed by atoms with Crippen molar-refractivity contribution < 1.29 is 0 Å². The van der Waals surface area contributed by atoms with Crippen LogP contribution in [0.5, 0.6) is 0 Å². The van der Waals surface area contributed by atoms with Crippen LogP contribution in [0.2, 0.25) is 0 Å². The predicted molar refractivity (Wildman–Crippen MR) is 88.4 cm³/mol. The van der Waals surface area contributed by atoms with Crippen LogP contribution in [-0.2, 0) is 19.0 Å². The van der Waals surface area contributed by atoms with Gasteiger partial charge in [-0.2, -0.15) is 5.10 Å². The molecule has 4 nitrogen and oxygen atoms in total. The molecule has 0 radical (unpaired) electrons. The average molecular weight is 323 g/mol. The summed E-state index contributed by atoms with van der Waals surface area (Å²) in [6.45, 7) is 10.1. The van der Waals surface area contributed by atoms with Crippen LogP contribution in [0.4, 0.5) is 0 Å². The minimum Gasteiger partial charge on any atom is -0.307 e. The molecule has 6 heteroatoms. The van der Waals surface area contributed by atoms with E-state index in [0.29, 0.717) is 5.88 Å². The van der Waals surface area contributed by atoms with Gasteiger partial charge in [0.1, 0.15) is 11.3 Å². The highest BCUT2D eigenvalue weighted by molar-refractivity contribution is 7.12. The van der Waals surface area contributed by atoms with Gasteiger partial charge in [-0.3, -0.25) is 0 Å². The Morgan fingerprint density at radius 3 is 2.62 bits per heavy atom. The van der Waals surface area contributed by atoms with Crippen LogP contribution < -0.4 is 0 Å². The molecular formula is C15H19ClN4S. The number of nitrogens with zero attached hydrogens (tertiary/aromatic N) is 4. The Morgan fingerprint density at radius 1 is 1.29 bits per heavy atom. The maximum Gasteiger partial charge on any atom is 0.159 e. The Hall–Kier alpha value is -1.33. The van der Waals surface area contributed by atoms with Crippen molar-refractivity contribution in [3.8, 4) is 0 Å². The lowest BCUT2D eigenvalue weighted by Gasteiger charge is -2.07. The van der Waals surface area contributed by atoms with E-state index in [1.165, 1.54) is 15.3 Å². The summed E-state index contributed by atoms with van der Waals surface area (Å²) in [5, 5.41) is 4.56. The molecular weight excluding hydrogens is 304 g/mol.